The Kier molecular flexibility index (Phi) is 7.08. The third-order valence-electron chi connectivity index (χ3n) is 3.86. The molecule has 156 valence electrons. The van der Waals surface area contributed by atoms with Crippen LogP contribution in [0.4, 0.5) is 4.79 Å². The van der Waals surface area contributed by atoms with E-state index in [-0.39, 0.29) is 12.0 Å². The van der Waals surface area contributed by atoms with Crippen molar-refractivity contribution in [3.63, 3.8) is 0 Å². The van der Waals surface area contributed by atoms with Crippen molar-refractivity contribution in [2.45, 2.75) is 58.6 Å². The number of fused-ring (bicyclic) bond motifs is 1. The molecule has 1 atom stereocenters. The second-order valence-electron chi connectivity index (χ2n) is 7.71. The van der Waals surface area contributed by atoms with Crippen LogP contribution in [0.3, 0.4) is 0 Å². The summed E-state index contributed by atoms with van der Waals surface area (Å²) in [6.07, 6.45) is -0.294. The van der Waals surface area contributed by atoms with E-state index in [0.29, 0.717) is 29.6 Å². The lowest BCUT2D eigenvalue weighted by atomic mass is 10.1. The summed E-state index contributed by atoms with van der Waals surface area (Å²) in [7, 11) is 0. The summed E-state index contributed by atoms with van der Waals surface area (Å²) in [4.78, 5) is 54.7. The molecule has 0 saturated heterocycles. The van der Waals surface area contributed by atoms with Crippen LogP contribution in [0.25, 0.3) is 10.9 Å². The largest absolute Gasteiger partial charge is 0.453 e. The number of nitrogens with zero attached hydrogens (tertiary/aromatic N) is 1. The second-order valence-corrected chi connectivity index (χ2v) is 7.71. The second kappa shape index (κ2) is 9.31. The minimum atomic E-state index is -1.10. The van der Waals surface area contributed by atoms with Gasteiger partial charge in [0.15, 0.2) is 6.10 Å². The summed E-state index contributed by atoms with van der Waals surface area (Å²) in [6, 6.07) is 6.34. The molecule has 0 aliphatic carbocycles. The lowest BCUT2D eigenvalue weighted by Gasteiger charge is -2.21. The number of benzene rings is 1. The van der Waals surface area contributed by atoms with Crippen molar-refractivity contribution in [2.24, 2.45) is 0 Å². The summed E-state index contributed by atoms with van der Waals surface area (Å²) >= 11 is 0. The third-order valence-corrected chi connectivity index (χ3v) is 3.86. The van der Waals surface area contributed by atoms with Crippen molar-refractivity contribution in [3.8, 4) is 0 Å². The van der Waals surface area contributed by atoms with E-state index in [4.69, 9.17) is 4.74 Å². The van der Waals surface area contributed by atoms with Crippen molar-refractivity contribution in [1.82, 2.24) is 20.6 Å². The van der Waals surface area contributed by atoms with Gasteiger partial charge in [-0.3, -0.25) is 19.7 Å². The molecule has 0 radical (unpaired) electrons. The first kappa shape index (κ1) is 22.1. The van der Waals surface area contributed by atoms with Gasteiger partial charge in [-0.25, -0.2) is 9.78 Å². The van der Waals surface area contributed by atoms with Gasteiger partial charge in [-0.2, -0.15) is 0 Å². The number of amides is 3. The molecule has 0 fully saturated rings. The fourth-order valence-corrected chi connectivity index (χ4v) is 2.55. The van der Waals surface area contributed by atoms with Crippen LogP contribution in [0.5, 0.6) is 0 Å². The van der Waals surface area contributed by atoms with E-state index in [2.05, 4.69) is 20.6 Å². The molecule has 9 heteroatoms. The monoisotopic (exact) mass is 402 g/mol. The molecule has 2 aromatic rings. The number of esters is 1. The van der Waals surface area contributed by atoms with E-state index >= 15 is 0 Å². The van der Waals surface area contributed by atoms with Gasteiger partial charge in [-0.05, 0) is 46.2 Å². The number of aryl methyl sites for hydroxylation is 1. The van der Waals surface area contributed by atoms with Crippen LogP contribution in [-0.4, -0.2) is 39.5 Å². The Bertz CT molecular complexity index is 961. The van der Waals surface area contributed by atoms with E-state index in [9.17, 15) is 19.2 Å². The minimum Gasteiger partial charge on any atom is -0.453 e. The van der Waals surface area contributed by atoms with Crippen molar-refractivity contribution in [3.05, 3.63) is 40.4 Å². The number of rotatable bonds is 6. The number of hydrogen-bond donors (Lipinski definition) is 3. The lowest BCUT2D eigenvalue weighted by molar-refractivity contribution is -0.154. The SMILES string of the molecule is CC(OC(=O)CCCc1nc2ccccc2c(=O)[nH]1)C(=O)NC(=O)NC(C)(C)C. The van der Waals surface area contributed by atoms with E-state index in [1.54, 1.807) is 45.0 Å². The number of para-hydroxylation sites is 1. The molecule has 0 aliphatic heterocycles. The number of imide groups is 1. The van der Waals surface area contributed by atoms with Crippen LogP contribution in [-0.2, 0) is 20.7 Å². The molecule has 29 heavy (non-hydrogen) atoms. The highest BCUT2D eigenvalue weighted by atomic mass is 16.5. The Morgan fingerprint density at radius 3 is 2.59 bits per heavy atom. The summed E-state index contributed by atoms with van der Waals surface area (Å²) in [5.41, 5.74) is -0.137. The van der Waals surface area contributed by atoms with Crippen molar-refractivity contribution in [2.75, 3.05) is 0 Å². The van der Waals surface area contributed by atoms with Gasteiger partial charge in [-0.1, -0.05) is 12.1 Å². The summed E-state index contributed by atoms with van der Waals surface area (Å²) < 4.78 is 5.05. The molecule has 1 unspecified atom stereocenters. The molecule has 1 aromatic heterocycles. The normalized spacial score (nSPS) is 12.3. The zero-order valence-corrected chi connectivity index (χ0v) is 17.0. The molecule has 2 rings (SSSR count). The van der Waals surface area contributed by atoms with Gasteiger partial charge in [-0.15, -0.1) is 0 Å². The van der Waals surface area contributed by atoms with Crippen molar-refractivity contribution < 1.29 is 19.1 Å². The number of urea groups is 1. The van der Waals surface area contributed by atoms with Gasteiger partial charge in [0.05, 0.1) is 10.9 Å². The fourth-order valence-electron chi connectivity index (χ4n) is 2.55. The van der Waals surface area contributed by atoms with Gasteiger partial charge in [0.2, 0.25) is 0 Å². The molecule has 3 amide bonds. The number of carbonyl (C=O) groups excluding carboxylic acids is 3. The van der Waals surface area contributed by atoms with Crippen LogP contribution < -0.4 is 16.2 Å². The molecule has 0 aliphatic rings. The Labute approximate surface area is 168 Å². The standard InChI is InChI=1S/C20H26N4O5/c1-12(17(26)23-19(28)24-20(2,3)4)29-16(25)11-7-10-15-21-14-9-6-5-8-13(14)18(27)22-15/h5-6,8-9,12H,7,10-11H2,1-4H3,(H,21,22,27)(H2,23,24,26,28). The topological polar surface area (TPSA) is 130 Å². The van der Waals surface area contributed by atoms with Crippen LogP contribution >= 0.6 is 0 Å². The average Bonchev–Trinajstić information content (AvgIpc) is 2.60. The number of carbonyl (C=O) groups is 3. The average molecular weight is 402 g/mol. The molecule has 0 bridgehead atoms. The van der Waals surface area contributed by atoms with E-state index in [1.807, 2.05) is 0 Å². The third kappa shape index (κ3) is 7.02. The Morgan fingerprint density at radius 2 is 1.90 bits per heavy atom. The smallest absolute Gasteiger partial charge is 0.321 e. The molecule has 0 saturated carbocycles. The zero-order valence-electron chi connectivity index (χ0n) is 17.0. The van der Waals surface area contributed by atoms with Crippen molar-refractivity contribution in [1.29, 1.82) is 0 Å². The maximum absolute atomic E-state index is 12.0. The minimum absolute atomic E-state index is 0.0440. The summed E-state index contributed by atoms with van der Waals surface area (Å²) in [5.74, 6) is -0.807. The number of hydrogen-bond acceptors (Lipinski definition) is 6. The quantitative estimate of drug-likeness (QED) is 0.632. The summed E-state index contributed by atoms with van der Waals surface area (Å²) in [5, 5.41) is 5.22. The first-order valence-corrected chi connectivity index (χ1v) is 9.35. The maximum atomic E-state index is 12.0. The number of H-pyrrole nitrogens is 1. The Balaban J connectivity index is 1.80. The zero-order chi connectivity index (χ0) is 21.6. The van der Waals surface area contributed by atoms with Crippen LogP contribution in [0, 0.1) is 0 Å². The van der Waals surface area contributed by atoms with Gasteiger partial charge in [0, 0.05) is 18.4 Å². The highest BCUT2D eigenvalue weighted by Crippen LogP contribution is 2.08. The molecule has 0 spiro atoms. The Morgan fingerprint density at radius 1 is 1.21 bits per heavy atom. The van der Waals surface area contributed by atoms with Crippen LogP contribution in [0.15, 0.2) is 29.1 Å². The number of aromatic amines is 1. The Hall–Kier alpha value is -3.23. The number of nitrogens with one attached hydrogen (secondary N) is 3. The van der Waals surface area contributed by atoms with E-state index < -0.39 is 29.6 Å². The highest BCUT2D eigenvalue weighted by Gasteiger charge is 2.22. The molecule has 1 aromatic carbocycles. The predicted molar refractivity (Wildman–Crippen MR) is 107 cm³/mol. The molecule has 9 nitrogen and oxygen atoms in total. The predicted octanol–water partition coefficient (Wildman–Crippen LogP) is 1.80. The van der Waals surface area contributed by atoms with Crippen LogP contribution in [0.2, 0.25) is 0 Å². The van der Waals surface area contributed by atoms with E-state index in [0.717, 1.165) is 0 Å². The number of ether oxygens (including phenoxy) is 1. The molecular weight excluding hydrogens is 376 g/mol. The van der Waals surface area contributed by atoms with Gasteiger partial charge in [0.25, 0.3) is 11.5 Å². The lowest BCUT2D eigenvalue weighted by Crippen LogP contribution is -2.50. The maximum Gasteiger partial charge on any atom is 0.321 e. The van der Waals surface area contributed by atoms with Gasteiger partial charge < -0.3 is 15.0 Å². The van der Waals surface area contributed by atoms with Crippen molar-refractivity contribution >= 4 is 28.8 Å². The highest BCUT2D eigenvalue weighted by molar-refractivity contribution is 5.97. The van der Waals surface area contributed by atoms with E-state index in [1.165, 1.54) is 6.92 Å². The first-order valence-electron chi connectivity index (χ1n) is 9.35. The van der Waals surface area contributed by atoms with Crippen LogP contribution in [0.1, 0.15) is 46.4 Å². The van der Waals surface area contributed by atoms with Gasteiger partial charge in [0.1, 0.15) is 5.82 Å². The molecule has 1 heterocycles. The van der Waals surface area contributed by atoms with Gasteiger partial charge >= 0.3 is 12.0 Å². The fraction of sp³-hybridized carbons (Fsp3) is 0.450. The summed E-state index contributed by atoms with van der Waals surface area (Å²) in [6.45, 7) is 6.72. The number of aromatic nitrogens is 2. The molecular formula is C20H26N4O5. The first-order chi connectivity index (χ1) is 13.5. The molecule has 3 N–H and O–H groups in total.